The van der Waals surface area contributed by atoms with Crippen molar-refractivity contribution in [1.29, 1.82) is 0 Å². The Morgan fingerprint density at radius 1 is 1.25 bits per heavy atom. The molecule has 0 saturated heterocycles. The van der Waals surface area contributed by atoms with Gasteiger partial charge in [0.05, 0.1) is 5.69 Å². The highest BCUT2D eigenvalue weighted by Crippen LogP contribution is 2.08. The summed E-state index contributed by atoms with van der Waals surface area (Å²) < 4.78 is 2.94. The van der Waals surface area contributed by atoms with E-state index in [1.54, 1.807) is 35.2 Å². The molecule has 0 atom stereocenters. The second-order valence-corrected chi connectivity index (χ2v) is 3.92. The van der Waals surface area contributed by atoms with Crippen molar-refractivity contribution in [1.82, 2.24) is 14.3 Å². The zero-order valence-corrected chi connectivity index (χ0v) is 9.29. The lowest BCUT2D eigenvalue weighted by Crippen LogP contribution is -2.24. The summed E-state index contributed by atoms with van der Waals surface area (Å²) in [5.74, 6) is 0. The van der Waals surface area contributed by atoms with E-state index in [1.807, 2.05) is 13.8 Å². The van der Waals surface area contributed by atoms with Gasteiger partial charge in [0.2, 0.25) is 0 Å². The lowest BCUT2D eigenvalue weighted by Gasteiger charge is -2.03. The highest BCUT2D eigenvalue weighted by molar-refractivity contribution is 5.44. The zero-order chi connectivity index (χ0) is 11.7. The molecule has 0 unspecified atom stereocenters. The molecule has 0 radical (unpaired) electrons. The van der Waals surface area contributed by atoms with Gasteiger partial charge < -0.3 is 5.73 Å². The van der Waals surface area contributed by atoms with Crippen molar-refractivity contribution in [3.8, 4) is 5.69 Å². The van der Waals surface area contributed by atoms with Crippen LogP contribution >= 0.6 is 0 Å². The van der Waals surface area contributed by atoms with Crippen molar-refractivity contribution >= 4 is 5.69 Å². The van der Waals surface area contributed by atoms with Gasteiger partial charge in [-0.2, -0.15) is 9.78 Å². The van der Waals surface area contributed by atoms with E-state index in [0.29, 0.717) is 5.69 Å². The van der Waals surface area contributed by atoms with Gasteiger partial charge in [0.25, 0.3) is 0 Å². The third-order valence-electron chi connectivity index (χ3n) is 2.39. The molecule has 1 heterocycles. The lowest BCUT2D eigenvalue weighted by atomic mass is 10.3. The topological polar surface area (TPSA) is 65.8 Å². The largest absolute Gasteiger partial charge is 0.399 e. The minimum Gasteiger partial charge on any atom is -0.399 e. The Bertz CT molecular complexity index is 536. The molecular formula is C11H14N4O. The summed E-state index contributed by atoms with van der Waals surface area (Å²) >= 11 is 0. The molecule has 1 aromatic heterocycles. The van der Waals surface area contributed by atoms with Crippen LogP contribution in [0, 0.1) is 0 Å². The van der Waals surface area contributed by atoms with Crippen molar-refractivity contribution in [3.05, 3.63) is 41.1 Å². The van der Waals surface area contributed by atoms with Crippen molar-refractivity contribution < 1.29 is 0 Å². The molecular weight excluding hydrogens is 204 g/mol. The summed E-state index contributed by atoms with van der Waals surface area (Å²) in [5, 5.41) is 4.06. The number of aromatic nitrogens is 3. The van der Waals surface area contributed by atoms with Crippen LogP contribution in [0.2, 0.25) is 0 Å². The van der Waals surface area contributed by atoms with E-state index >= 15 is 0 Å². The van der Waals surface area contributed by atoms with Gasteiger partial charge in [-0.3, -0.25) is 4.57 Å². The molecule has 0 fully saturated rings. The summed E-state index contributed by atoms with van der Waals surface area (Å²) in [5.41, 5.74) is 6.83. The summed E-state index contributed by atoms with van der Waals surface area (Å²) in [6.07, 6.45) is 1.54. The van der Waals surface area contributed by atoms with Gasteiger partial charge in [-0.05, 0) is 38.1 Å². The van der Waals surface area contributed by atoms with Crippen LogP contribution in [0.1, 0.15) is 19.9 Å². The van der Waals surface area contributed by atoms with E-state index in [0.717, 1.165) is 5.69 Å². The predicted molar refractivity (Wildman–Crippen MR) is 62.6 cm³/mol. The van der Waals surface area contributed by atoms with E-state index in [1.165, 1.54) is 4.68 Å². The van der Waals surface area contributed by atoms with Gasteiger partial charge in [0.15, 0.2) is 0 Å². The Morgan fingerprint density at radius 2 is 1.88 bits per heavy atom. The number of nitrogens with zero attached hydrogens (tertiary/aromatic N) is 3. The quantitative estimate of drug-likeness (QED) is 0.770. The Balaban J connectivity index is 2.49. The average Bonchev–Trinajstić information content (AvgIpc) is 2.61. The summed E-state index contributed by atoms with van der Waals surface area (Å²) in [7, 11) is 0. The first-order valence-corrected chi connectivity index (χ1v) is 5.11. The van der Waals surface area contributed by atoms with Crippen LogP contribution in [0.15, 0.2) is 35.4 Å². The Labute approximate surface area is 93.1 Å². The van der Waals surface area contributed by atoms with Gasteiger partial charge >= 0.3 is 5.69 Å². The van der Waals surface area contributed by atoms with Crippen molar-refractivity contribution in [2.75, 3.05) is 5.73 Å². The average molecular weight is 218 g/mol. The van der Waals surface area contributed by atoms with Crippen molar-refractivity contribution in [2.24, 2.45) is 0 Å². The van der Waals surface area contributed by atoms with Crippen LogP contribution in [0.5, 0.6) is 0 Å². The second-order valence-electron chi connectivity index (χ2n) is 3.92. The van der Waals surface area contributed by atoms with Crippen LogP contribution in [-0.2, 0) is 0 Å². The first-order chi connectivity index (χ1) is 7.59. The number of hydrogen-bond acceptors (Lipinski definition) is 3. The summed E-state index contributed by atoms with van der Waals surface area (Å²) in [4.78, 5) is 11.9. The summed E-state index contributed by atoms with van der Waals surface area (Å²) in [6.45, 7) is 3.88. The van der Waals surface area contributed by atoms with E-state index in [9.17, 15) is 4.79 Å². The Hall–Kier alpha value is -2.04. The first-order valence-electron chi connectivity index (χ1n) is 5.11. The fourth-order valence-corrected chi connectivity index (χ4v) is 1.46. The molecule has 84 valence electrons. The molecule has 5 nitrogen and oxygen atoms in total. The molecule has 5 heteroatoms. The molecule has 0 amide bonds. The highest BCUT2D eigenvalue weighted by atomic mass is 16.2. The fraction of sp³-hybridized carbons (Fsp3) is 0.273. The number of nitrogens with two attached hydrogens (primary N) is 1. The number of anilines is 1. The van der Waals surface area contributed by atoms with Gasteiger partial charge in [-0.1, -0.05) is 0 Å². The predicted octanol–water partition coefficient (Wildman–Crippen LogP) is 1.20. The Kier molecular flexibility index (Phi) is 2.52. The summed E-state index contributed by atoms with van der Waals surface area (Å²) in [6, 6.07) is 7.14. The molecule has 2 N–H and O–H groups in total. The van der Waals surface area contributed by atoms with E-state index < -0.39 is 0 Å². The van der Waals surface area contributed by atoms with Crippen molar-refractivity contribution in [2.45, 2.75) is 19.9 Å². The minimum absolute atomic E-state index is 0.107. The molecule has 0 aliphatic heterocycles. The monoisotopic (exact) mass is 218 g/mol. The molecule has 2 aromatic rings. The molecule has 0 saturated carbocycles. The van der Waals surface area contributed by atoms with Crippen LogP contribution in [0.4, 0.5) is 5.69 Å². The van der Waals surface area contributed by atoms with Gasteiger partial charge in [-0.25, -0.2) is 4.79 Å². The van der Waals surface area contributed by atoms with E-state index in [-0.39, 0.29) is 11.7 Å². The number of nitrogen functional groups attached to an aromatic ring is 1. The highest BCUT2D eigenvalue weighted by Gasteiger charge is 2.08. The maximum absolute atomic E-state index is 11.9. The van der Waals surface area contributed by atoms with Crippen molar-refractivity contribution in [3.63, 3.8) is 0 Å². The van der Waals surface area contributed by atoms with Crippen LogP contribution in [0.3, 0.4) is 0 Å². The first kappa shape index (κ1) is 10.5. The van der Waals surface area contributed by atoms with Crippen LogP contribution in [-0.4, -0.2) is 14.3 Å². The molecule has 16 heavy (non-hydrogen) atoms. The van der Waals surface area contributed by atoms with Crippen LogP contribution < -0.4 is 11.4 Å². The fourth-order valence-electron chi connectivity index (χ4n) is 1.46. The third kappa shape index (κ3) is 1.71. The van der Waals surface area contributed by atoms with Crippen LogP contribution in [0.25, 0.3) is 5.69 Å². The van der Waals surface area contributed by atoms with Gasteiger partial charge in [-0.15, -0.1) is 0 Å². The third-order valence-corrected chi connectivity index (χ3v) is 2.39. The second kappa shape index (κ2) is 3.84. The SMILES string of the molecule is CC(C)n1cnn(-c2ccc(N)cc2)c1=O. The number of benzene rings is 1. The smallest absolute Gasteiger partial charge is 0.350 e. The zero-order valence-electron chi connectivity index (χ0n) is 9.29. The maximum Gasteiger partial charge on any atom is 0.350 e. The van der Waals surface area contributed by atoms with E-state index in [2.05, 4.69) is 5.10 Å². The van der Waals surface area contributed by atoms with E-state index in [4.69, 9.17) is 5.73 Å². The lowest BCUT2D eigenvalue weighted by molar-refractivity contribution is 0.574. The molecule has 1 aromatic carbocycles. The maximum atomic E-state index is 11.9. The minimum atomic E-state index is -0.139. The number of hydrogen-bond donors (Lipinski definition) is 1. The normalized spacial score (nSPS) is 10.9. The molecule has 0 bridgehead atoms. The molecule has 2 rings (SSSR count). The standard InChI is InChI=1S/C11H14N4O/c1-8(2)14-7-13-15(11(14)16)10-5-3-9(12)4-6-10/h3-8H,12H2,1-2H3. The van der Waals surface area contributed by atoms with Gasteiger partial charge in [0.1, 0.15) is 6.33 Å². The van der Waals surface area contributed by atoms with Gasteiger partial charge in [0, 0.05) is 11.7 Å². The number of rotatable bonds is 2. The Morgan fingerprint density at radius 3 is 2.38 bits per heavy atom. The molecule has 0 aliphatic carbocycles. The molecule has 0 spiro atoms. The molecule has 0 aliphatic rings.